The number of halogens is 1. The minimum absolute atomic E-state index is 0.189. The van der Waals surface area contributed by atoms with E-state index in [1.165, 1.54) is 50.5 Å². The SMILES string of the molecule is Cc1[nH]c2c(C)ccc(C)c2c1CCNC1=C2CC(c3cccc(F)c3)=CC2NCN1. The quantitative estimate of drug-likeness (QED) is 0.492. The van der Waals surface area contributed by atoms with Crippen molar-refractivity contribution in [3.8, 4) is 0 Å². The Labute approximate surface area is 182 Å². The summed E-state index contributed by atoms with van der Waals surface area (Å²) < 4.78 is 13.7. The van der Waals surface area contributed by atoms with E-state index in [1.54, 1.807) is 12.1 Å². The summed E-state index contributed by atoms with van der Waals surface area (Å²) in [5.74, 6) is 0.920. The number of rotatable bonds is 5. The van der Waals surface area contributed by atoms with Crippen LogP contribution < -0.4 is 16.0 Å². The van der Waals surface area contributed by atoms with Gasteiger partial charge >= 0.3 is 0 Å². The maximum Gasteiger partial charge on any atom is 0.123 e. The highest BCUT2D eigenvalue weighted by Crippen LogP contribution is 2.34. The number of hydrogen-bond donors (Lipinski definition) is 4. The molecule has 0 saturated carbocycles. The summed E-state index contributed by atoms with van der Waals surface area (Å²) in [7, 11) is 0. The number of H-pyrrole nitrogens is 1. The molecule has 0 fully saturated rings. The van der Waals surface area contributed by atoms with E-state index < -0.39 is 0 Å². The first-order valence-electron chi connectivity index (χ1n) is 11.0. The Morgan fingerprint density at radius 1 is 1.10 bits per heavy atom. The van der Waals surface area contributed by atoms with Crippen LogP contribution in [0.25, 0.3) is 16.5 Å². The molecular formula is C26H29FN4. The van der Waals surface area contributed by atoms with E-state index in [0.717, 1.165) is 30.8 Å². The molecule has 1 atom stereocenters. The van der Waals surface area contributed by atoms with Gasteiger partial charge in [0.2, 0.25) is 0 Å². The number of hydrogen-bond acceptors (Lipinski definition) is 3. The average Bonchev–Trinajstić information content (AvgIpc) is 3.34. The van der Waals surface area contributed by atoms with Crippen LogP contribution in [0.15, 0.2) is 53.9 Å². The summed E-state index contributed by atoms with van der Waals surface area (Å²) in [4.78, 5) is 3.59. The van der Waals surface area contributed by atoms with Crippen molar-refractivity contribution in [3.05, 3.63) is 87.6 Å². The summed E-state index contributed by atoms with van der Waals surface area (Å²) >= 11 is 0. The van der Waals surface area contributed by atoms with Gasteiger partial charge in [-0.25, -0.2) is 4.39 Å². The van der Waals surface area contributed by atoms with Crippen LogP contribution >= 0.6 is 0 Å². The zero-order valence-electron chi connectivity index (χ0n) is 18.3. The third kappa shape index (κ3) is 3.63. The van der Waals surface area contributed by atoms with Crippen LogP contribution in [0.1, 0.15) is 34.4 Å². The predicted octanol–water partition coefficient (Wildman–Crippen LogP) is 4.58. The molecule has 5 rings (SSSR count). The Kier molecular flexibility index (Phi) is 5.06. The molecule has 0 saturated heterocycles. The standard InChI is InChI=1S/C26H29FN4/c1-15-7-8-16(2)25-24(15)21(17(3)31-25)9-10-28-26-22-12-19(13-23(22)29-14-30-26)18-5-4-6-20(27)11-18/h4-8,11,13,23,28-31H,9-10,12,14H2,1-3H3. The van der Waals surface area contributed by atoms with Gasteiger partial charge in [0.25, 0.3) is 0 Å². The second-order valence-corrected chi connectivity index (χ2v) is 8.67. The second kappa shape index (κ2) is 7.89. The second-order valence-electron chi connectivity index (χ2n) is 8.67. The molecule has 2 aliphatic rings. The molecule has 4 N–H and O–H groups in total. The minimum Gasteiger partial charge on any atom is -0.372 e. The highest BCUT2D eigenvalue weighted by Gasteiger charge is 2.28. The molecule has 1 aliphatic carbocycles. The normalized spacial score (nSPS) is 18.2. The molecule has 2 aromatic carbocycles. The molecule has 1 aliphatic heterocycles. The highest BCUT2D eigenvalue weighted by atomic mass is 19.1. The Balaban J connectivity index is 1.34. The van der Waals surface area contributed by atoms with E-state index in [1.807, 2.05) is 6.07 Å². The van der Waals surface area contributed by atoms with E-state index in [9.17, 15) is 4.39 Å². The highest BCUT2D eigenvalue weighted by molar-refractivity contribution is 5.90. The zero-order chi connectivity index (χ0) is 21.5. The first-order chi connectivity index (χ1) is 15.0. The van der Waals surface area contributed by atoms with E-state index in [2.05, 4.69) is 59.9 Å². The van der Waals surface area contributed by atoms with Crippen LogP contribution in [0.5, 0.6) is 0 Å². The van der Waals surface area contributed by atoms with Crippen LogP contribution in [0.4, 0.5) is 4.39 Å². The van der Waals surface area contributed by atoms with Crippen molar-refractivity contribution in [2.24, 2.45) is 0 Å². The van der Waals surface area contributed by atoms with Crippen molar-refractivity contribution in [2.45, 2.75) is 39.7 Å². The minimum atomic E-state index is -0.189. The molecule has 31 heavy (non-hydrogen) atoms. The Morgan fingerprint density at radius 3 is 2.77 bits per heavy atom. The Bertz CT molecular complexity index is 1220. The third-order valence-corrected chi connectivity index (χ3v) is 6.59. The molecule has 0 spiro atoms. The lowest BCUT2D eigenvalue weighted by Gasteiger charge is -2.27. The zero-order valence-corrected chi connectivity index (χ0v) is 18.3. The van der Waals surface area contributed by atoms with Gasteiger partial charge in [-0.05, 0) is 79.1 Å². The molecular weight excluding hydrogens is 387 g/mol. The van der Waals surface area contributed by atoms with Crippen molar-refractivity contribution in [2.75, 3.05) is 13.2 Å². The molecule has 0 amide bonds. The van der Waals surface area contributed by atoms with Gasteiger partial charge in [0.15, 0.2) is 0 Å². The summed E-state index contributed by atoms with van der Waals surface area (Å²) in [6.07, 6.45) is 4.00. The maximum absolute atomic E-state index is 13.7. The van der Waals surface area contributed by atoms with E-state index in [-0.39, 0.29) is 11.9 Å². The van der Waals surface area contributed by atoms with Gasteiger partial charge in [-0.3, -0.25) is 5.32 Å². The van der Waals surface area contributed by atoms with Gasteiger partial charge in [-0.1, -0.05) is 30.3 Å². The Hall–Kier alpha value is -3.05. The molecule has 3 aromatic rings. The number of nitrogens with one attached hydrogen (secondary N) is 4. The lowest BCUT2D eigenvalue weighted by Crippen LogP contribution is -2.46. The van der Waals surface area contributed by atoms with E-state index in [0.29, 0.717) is 6.67 Å². The van der Waals surface area contributed by atoms with Crippen LogP contribution in [0, 0.1) is 26.6 Å². The van der Waals surface area contributed by atoms with Crippen molar-refractivity contribution < 1.29 is 4.39 Å². The van der Waals surface area contributed by atoms with E-state index >= 15 is 0 Å². The molecule has 160 valence electrons. The van der Waals surface area contributed by atoms with Gasteiger partial charge in [0.05, 0.1) is 12.7 Å². The maximum atomic E-state index is 13.7. The van der Waals surface area contributed by atoms with Gasteiger partial charge in [0.1, 0.15) is 11.6 Å². The summed E-state index contributed by atoms with van der Waals surface area (Å²) in [5, 5.41) is 12.0. The van der Waals surface area contributed by atoms with Crippen molar-refractivity contribution in [3.63, 3.8) is 0 Å². The van der Waals surface area contributed by atoms with Gasteiger partial charge in [-0.2, -0.15) is 0 Å². The molecule has 1 unspecified atom stereocenters. The number of aromatic amines is 1. The third-order valence-electron chi connectivity index (χ3n) is 6.59. The van der Waals surface area contributed by atoms with Crippen LogP contribution in [-0.4, -0.2) is 24.2 Å². The number of aryl methyl sites for hydroxylation is 3. The number of benzene rings is 2. The molecule has 5 heteroatoms. The molecule has 4 nitrogen and oxygen atoms in total. The van der Waals surface area contributed by atoms with Gasteiger partial charge < -0.3 is 15.6 Å². The van der Waals surface area contributed by atoms with Crippen LogP contribution in [0.2, 0.25) is 0 Å². The van der Waals surface area contributed by atoms with Crippen molar-refractivity contribution >= 4 is 16.5 Å². The van der Waals surface area contributed by atoms with E-state index in [4.69, 9.17) is 0 Å². The fourth-order valence-electron chi connectivity index (χ4n) is 4.96. The molecule has 0 radical (unpaired) electrons. The molecule has 1 aromatic heterocycles. The van der Waals surface area contributed by atoms with Crippen molar-refractivity contribution in [1.82, 2.24) is 20.9 Å². The monoisotopic (exact) mass is 416 g/mol. The fraction of sp³-hybridized carbons (Fsp3) is 0.308. The average molecular weight is 417 g/mol. The molecule has 2 heterocycles. The van der Waals surface area contributed by atoms with Crippen LogP contribution in [-0.2, 0) is 6.42 Å². The summed E-state index contributed by atoms with van der Waals surface area (Å²) in [6.45, 7) is 8.09. The largest absolute Gasteiger partial charge is 0.372 e. The van der Waals surface area contributed by atoms with Crippen molar-refractivity contribution in [1.29, 1.82) is 0 Å². The number of allylic oxidation sites excluding steroid dienone is 1. The lowest BCUT2D eigenvalue weighted by molar-refractivity contribution is 0.525. The number of fused-ring (bicyclic) bond motifs is 2. The first-order valence-corrected chi connectivity index (χ1v) is 11.0. The topological polar surface area (TPSA) is 51.9 Å². The smallest absolute Gasteiger partial charge is 0.123 e. The van der Waals surface area contributed by atoms with Crippen LogP contribution in [0.3, 0.4) is 0 Å². The lowest BCUT2D eigenvalue weighted by atomic mass is 10.0. The van der Waals surface area contributed by atoms with Gasteiger partial charge in [-0.15, -0.1) is 0 Å². The predicted molar refractivity (Wildman–Crippen MR) is 125 cm³/mol. The molecule has 0 bridgehead atoms. The fourth-order valence-corrected chi connectivity index (χ4v) is 4.96. The number of aromatic nitrogens is 1. The summed E-state index contributed by atoms with van der Waals surface area (Å²) in [5.41, 5.74) is 9.95. The van der Waals surface area contributed by atoms with Gasteiger partial charge in [0, 0.05) is 23.1 Å². The Morgan fingerprint density at radius 2 is 1.94 bits per heavy atom. The summed E-state index contributed by atoms with van der Waals surface area (Å²) in [6, 6.07) is 11.5. The first kappa shape index (κ1) is 19.9.